The van der Waals surface area contributed by atoms with Crippen molar-refractivity contribution in [2.24, 2.45) is 0 Å². The fraction of sp³-hybridized carbons (Fsp3) is 0.400. The van der Waals surface area contributed by atoms with Crippen LogP contribution in [0.25, 0.3) is 0 Å². The molecule has 3 heteroatoms. The van der Waals surface area contributed by atoms with Crippen molar-refractivity contribution in [1.29, 1.82) is 0 Å². The van der Waals surface area contributed by atoms with Crippen molar-refractivity contribution in [3.63, 3.8) is 0 Å². The number of carbonyl (C=O) groups is 1. The zero-order chi connectivity index (χ0) is 13.5. The van der Waals surface area contributed by atoms with Crippen LogP contribution >= 0.6 is 0 Å². The van der Waals surface area contributed by atoms with Gasteiger partial charge in [0.05, 0.1) is 17.2 Å². The van der Waals surface area contributed by atoms with Crippen LogP contribution in [0.4, 0.5) is 0 Å². The molecule has 1 aromatic carbocycles. The number of aromatic carboxylic acids is 1. The fourth-order valence-corrected chi connectivity index (χ4v) is 2.56. The Morgan fingerprint density at radius 1 is 1.56 bits per heavy atom. The van der Waals surface area contributed by atoms with Gasteiger partial charge in [0.15, 0.2) is 0 Å². The highest BCUT2D eigenvalue weighted by Gasteiger charge is 2.34. The first kappa shape index (κ1) is 12.5. The maximum atomic E-state index is 11.1. The average Bonchev–Trinajstić information content (AvgIpc) is 2.26. The third kappa shape index (κ3) is 1.95. The predicted octanol–water partition coefficient (Wildman–Crippen LogP) is 2.81. The Labute approximate surface area is 107 Å². The summed E-state index contributed by atoms with van der Waals surface area (Å²) in [4.78, 5) is 11.1. The van der Waals surface area contributed by atoms with Crippen LogP contribution in [0.5, 0.6) is 5.75 Å². The molecule has 94 valence electrons. The van der Waals surface area contributed by atoms with E-state index in [1.165, 1.54) is 6.07 Å². The fourth-order valence-electron chi connectivity index (χ4n) is 2.56. The second-order valence-electron chi connectivity index (χ2n) is 5.37. The Morgan fingerprint density at radius 2 is 2.22 bits per heavy atom. The standard InChI is InChI=1S/C15H16O3/c1-5-10-6-11(14(16)17)7-12-13(10)18-9(2)8-15(12,3)4/h1,6-7,9H,8H2,2-4H3,(H,16,17). The van der Waals surface area contributed by atoms with E-state index in [0.717, 1.165) is 12.0 Å². The summed E-state index contributed by atoms with van der Waals surface area (Å²) in [6.07, 6.45) is 6.37. The van der Waals surface area contributed by atoms with E-state index in [-0.39, 0.29) is 17.1 Å². The highest BCUT2D eigenvalue weighted by Crippen LogP contribution is 2.43. The molecule has 0 fully saturated rings. The van der Waals surface area contributed by atoms with Crippen molar-refractivity contribution in [3.8, 4) is 18.1 Å². The van der Waals surface area contributed by atoms with Gasteiger partial charge in [0.1, 0.15) is 5.75 Å². The lowest BCUT2D eigenvalue weighted by Gasteiger charge is -2.37. The average molecular weight is 244 g/mol. The highest BCUT2D eigenvalue weighted by molar-refractivity contribution is 5.89. The molecule has 0 bridgehead atoms. The van der Waals surface area contributed by atoms with E-state index in [9.17, 15) is 4.79 Å². The summed E-state index contributed by atoms with van der Waals surface area (Å²) in [5.74, 6) is 2.21. The molecule has 1 aromatic rings. The molecule has 1 unspecified atom stereocenters. The quantitative estimate of drug-likeness (QED) is 0.773. The van der Waals surface area contributed by atoms with Gasteiger partial charge in [-0.3, -0.25) is 0 Å². The summed E-state index contributed by atoms with van der Waals surface area (Å²) in [5, 5.41) is 9.12. The van der Waals surface area contributed by atoms with Crippen molar-refractivity contribution in [1.82, 2.24) is 0 Å². The van der Waals surface area contributed by atoms with E-state index >= 15 is 0 Å². The van der Waals surface area contributed by atoms with E-state index in [0.29, 0.717) is 11.3 Å². The lowest BCUT2D eigenvalue weighted by Crippen LogP contribution is -2.33. The predicted molar refractivity (Wildman–Crippen MR) is 69.1 cm³/mol. The molecule has 3 nitrogen and oxygen atoms in total. The van der Waals surface area contributed by atoms with Gasteiger partial charge in [-0.1, -0.05) is 19.8 Å². The molecule has 0 aromatic heterocycles. The number of hydrogen-bond acceptors (Lipinski definition) is 2. The monoisotopic (exact) mass is 244 g/mol. The van der Waals surface area contributed by atoms with Gasteiger partial charge in [-0.05, 0) is 30.9 Å². The largest absolute Gasteiger partial charge is 0.489 e. The van der Waals surface area contributed by atoms with Crippen molar-refractivity contribution in [3.05, 3.63) is 28.8 Å². The Morgan fingerprint density at radius 3 is 2.78 bits per heavy atom. The number of terminal acetylenes is 1. The zero-order valence-electron chi connectivity index (χ0n) is 10.8. The summed E-state index contributed by atoms with van der Waals surface area (Å²) in [5.41, 5.74) is 1.48. The SMILES string of the molecule is C#Cc1cc(C(=O)O)cc2c1OC(C)CC2(C)C. The number of hydrogen-bond donors (Lipinski definition) is 1. The minimum atomic E-state index is -0.969. The number of benzene rings is 1. The molecule has 0 saturated heterocycles. The van der Waals surface area contributed by atoms with Crippen molar-refractivity contribution in [2.45, 2.75) is 38.7 Å². The van der Waals surface area contributed by atoms with Gasteiger partial charge in [-0.25, -0.2) is 4.79 Å². The molecule has 0 aliphatic carbocycles. The van der Waals surface area contributed by atoms with E-state index in [1.807, 2.05) is 6.92 Å². The van der Waals surface area contributed by atoms with E-state index in [2.05, 4.69) is 19.8 Å². The van der Waals surface area contributed by atoms with Gasteiger partial charge in [-0.15, -0.1) is 6.42 Å². The summed E-state index contributed by atoms with van der Waals surface area (Å²) < 4.78 is 5.79. The number of ether oxygens (including phenoxy) is 1. The van der Waals surface area contributed by atoms with Crippen LogP contribution < -0.4 is 4.74 Å². The first-order valence-corrected chi connectivity index (χ1v) is 5.90. The Kier molecular flexibility index (Phi) is 2.82. The normalized spacial score (nSPS) is 20.4. The molecule has 2 rings (SSSR count). The van der Waals surface area contributed by atoms with Crippen LogP contribution in [0.2, 0.25) is 0 Å². The second-order valence-corrected chi connectivity index (χ2v) is 5.37. The molecule has 1 atom stereocenters. The molecule has 18 heavy (non-hydrogen) atoms. The van der Waals surface area contributed by atoms with Gasteiger partial charge in [-0.2, -0.15) is 0 Å². The molecule has 1 aliphatic heterocycles. The van der Waals surface area contributed by atoms with Gasteiger partial charge < -0.3 is 9.84 Å². The van der Waals surface area contributed by atoms with Crippen LogP contribution in [-0.4, -0.2) is 17.2 Å². The van der Waals surface area contributed by atoms with E-state index in [1.54, 1.807) is 6.07 Å². The third-order valence-electron chi connectivity index (χ3n) is 3.34. The first-order chi connectivity index (χ1) is 8.35. The van der Waals surface area contributed by atoms with Crippen molar-refractivity contribution >= 4 is 5.97 Å². The number of carboxylic acid groups (broad SMARTS) is 1. The Balaban J connectivity index is 2.71. The number of rotatable bonds is 1. The van der Waals surface area contributed by atoms with Crippen molar-refractivity contribution < 1.29 is 14.6 Å². The molecule has 0 spiro atoms. The summed E-state index contributed by atoms with van der Waals surface area (Å²) in [6, 6.07) is 3.17. The van der Waals surface area contributed by atoms with Gasteiger partial charge in [0, 0.05) is 5.56 Å². The van der Waals surface area contributed by atoms with Gasteiger partial charge in [0.2, 0.25) is 0 Å². The van der Waals surface area contributed by atoms with Crippen LogP contribution in [0.15, 0.2) is 12.1 Å². The Bertz CT molecular complexity index is 550. The van der Waals surface area contributed by atoms with E-state index in [4.69, 9.17) is 16.3 Å². The van der Waals surface area contributed by atoms with Crippen LogP contribution in [0, 0.1) is 12.3 Å². The second kappa shape index (κ2) is 4.06. The molecular weight excluding hydrogens is 228 g/mol. The summed E-state index contributed by atoms with van der Waals surface area (Å²) in [6.45, 7) is 6.16. The third-order valence-corrected chi connectivity index (χ3v) is 3.34. The molecular formula is C15H16O3. The maximum absolute atomic E-state index is 11.1. The lowest BCUT2D eigenvalue weighted by atomic mass is 9.76. The molecule has 1 N–H and O–H groups in total. The topological polar surface area (TPSA) is 46.5 Å². The molecule has 0 amide bonds. The highest BCUT2D eigenvalue weighted by atomic mass is 16.5. The molecule has 1 aliphatic rings. The van der Waals surface area contributed by atoms with E-state index < -0.39 is 5.97 Å². The minimum absolute atomic E-state index is 0.0790. The van der Waals surface area contributed by atoms with Gasteiger partial charge in [0.25, 0.3) is 0 Å². The maximum Gasteiger partial charge on any atom is 0.335 e. The summed E-state index contributed by atoms with van der Waals surface area (Å²) in [7, 11) is 0. The van der Waals surface area contributed by atoms with Crippen LogP contribution in [0.1, 0.15) is 48.7 Å². The summed E-state index contributed by atoms with van der Waals surface area (Å²) >= 11 is 0. The first-order valence-electron chi connectivity index (χ1n) is 5.90. The molecule has 0 radical (unpaired) electrons. The molecule has 1 heterocycles. The Hall–Kier alpha value is -1.95. The minimum Gasteiger partial charge on any atom is -0.489 e. The zero-order valence-corrected chi connectivity index (χ0v) is 10.8. The van der Waals surface area contributed by atoms with Crippen molar-refractivity contribution in [2.75, 3.05) is 0 Å². The van der Waals surface area contributed by atoms with Crippen LogP contribution in [-0.2, 0) is 5.41 Å². The van der Waals surface area contributed by atoms with Gasteiger partial charge >= 0.3 is 5.97 Å². The molecule has 0 saturated carbocycles. The number of carboxylic acids is 1. The lowest BCUT2D eigenvalue weighted by molar-refractivity contribution is 0.0696. The smallest absolute Gasteiger partial charge is 0.335 e. The van der Waals surface area contributed by atoms with Crippen LogP contribution in [0.3, 0.4) is 0 Å². The number of fused-ring (bicyclic) bond motifs is 1.